The van der Waals surface area contributed by atoms with Gasteiger partial charge in [-0.15, -0.1) is 0 Å². The predicted molar refractivity (Wildman–Crippen MR) is 135 cm³/mol. The third-order valence-electron chi connectivity index (χ3n) is 5.49. The van der Waals surface area contributed by atoms with Crippen LogP contribution in [-0.4, -0.2) is 4.98 Å². The van der Waals surface area contributed by atoms with Crippen LogP contribution in [0.1, 0.15) is 0 Å². The van der Waals surface area contributed by atoms with Crippen molar-refractivity contribution in [2.24, 2.45) is 0 Å². The zero-order chi connectivity index (χ0) is 21.9. The summed E-state index contributed by atoms with van der Waals surface area (Å²) < 4.78 is 0. The van der Waals surface area contributed by atoms with Gasteiger partial charge >= 0.3 is 0 Å². The molecule has 5 rings (SSSR count). The van der Waals surface area contributed by atoms with Gasteiger partial charge < -0.3 is 11.5 Å². The van der Waals surface area contributed by atoms with E-state index >= 15 is 0 Å². The fourth-order valence-electron chi connectivity index (χ4n) is 3.90. The quantitative estimate of drug-likeness (QED) is 0.315. The van der Waals surface area contributed by atoms with Gasteiger partial charge in [0.2, 0.25) is 0 Å². The molecule has 3 nitrogen and oxygen atoms in total. The van der Waals surface area contributed by atoms with Crippen molar-refractivity contribution in [2.75, 3.05) is 11.5 Å². The maximum Gasteiger partial charge on any atom is 0.0716 e. The molecule has 5 aromatic rings. The number of nitrogens with two attached hydrogens (primary N) is 2. The summed E-state index contributed by atoms with van der Waals surface area (Å²) in [6, 6.07) is 38.9. The van der Waals surface area contributed by atoms with E-state index in [0.717, 1.165) is 33.6 Å². The van der Waals surface area contributed by atoms with Crippen molar-refractivity contribution in [3.8, 4) is 44.8 Å². The molecule has 4 N–H and O–H groups in total. The molecule has 154 valence electrons. The number of nitrogen functional groups attached to an aromatic ring is 2. The van der Waals surface area contributed by atoms with E-state index in [0.29, 0.717) is 11.4 Å². The molecule has 1 heterocycles. The van der Waals surface area contributed by atoms with E-state index in [2.05, 4.69) is 60.7 Å². The Labute approximate surface area is 188 Å². The highest BCUT2D eigenvalue weighted by atomic mass is 14.7. The van der Waals surface area contributed by atoms with E-state index in [1.807, 2.05) is 54.6 Å². The van der Waals surface area contributed by atoms with E-state index < -0.39 is 0 Å². The topological polar surface area (TPSA) is 64.9 Å². The molecule has 0 fully saturated rings. The molecule has 0 aliphatic carbocycles. The lowest BCUT2D eigenvalue weighted by molar-refractivity contribution is 1.32. The average molecular weight is 414 g/mol. The monoisotopic (exact) mass is 413 g/mol. The number of rotatable bonds is 4. The third kappa shape index (κ3) is 4.09. The van der Waals surface area contributed by atoms with Crippen molar-refractivity contribution < 1.29 is 0 Å². The van der Waals surface area contributed by atoms with E-state index in [4.69, 9.17) is 16.5 Å². The molecule has 1 aromatic heterocycles. The summed E-state index contributed by atoms with van der Waals surface area (Å²) in [6.07, 6.45) is 0. The number of aromatic nitrogens is 1. The second-order valence-electron chi connectivity index (χ2n) is 7.82. The minimum absolute atomic E-state index is 0.714. The van der Waals surface area contributed by atoms with Gasteiger partial charge in [0.05, 0.1) is 11.4 Å². The summed E-state index contributed by atoms with van der Waals surface area (Å²) >= 11 is 0. The number of pyridine rings is 1. The van der Waals surface area contributed by atoms with Gasteiger partial charge in [0, 0.05) is 22.5 Å². The largest absolute Gasteiger partial charge is 0.399 e. The Morgan fingerprint density at radius 2 is 0.844 bits per heavy atom. The van der Waals surface area contributed by atoms with E-state index in [1.54, 1.807) is 0 Å². The molecular formula is C29H23N3. The van der Waals surface area contributed by atoms with Gasteiger partial charge in [-0.25, -0.2) is 4.98 Å². The molecule has 0 saturated heterocycles. The average Bonchev–Trinajstić information content (AvgIpc) is 2.84. The smallest absolute Gasteiger partial charge is 0.0716 e. The van der Waals surface area contributed by atoms with Crippen LogP contribution in [0.25, 0.3) is 44.8 Å². The standard InChI is InChI=1S/C29H23N3/c30-26-13-5-11-23(16-26)28-18-25(19-29(32-28)24-12-6-14-27(31)17-24)22-10-4-9-21(15-22)20-7-2-1-3-8-20/h1-19H,30-31H2. The van der Waals surface area contributed by atoms with Crippen LogP contribution in [0.15, 0.2) is 115 Å². The molecule has 32 heavy (non-hydrogen) atoms. The summed E-state index contributed by atoms with van der Waals surface area (Å²) in [5.41, 5.74) is 21.8. The fraction of sp³-hybridized carbons (Fsp3) is 0. The van der Waals surface area contributed by atoms with Gasteiger partial charge in [-0.05, 0) is 64.7 Å². The Kier molecular flexibility index (Phi) is 5.14. The van der Waals surface area contributed by atoms with E-state index in [9.17, 15) is 0 Å². The van der Waals surface area contributed by atoms with Crippen molar-refractivity contribution in [3.05, 3.63) is 115 Å². The molecule has 0 spiro atoms. The summed E-state index contributed by atoms with van der Waals surface area (Å²) in [5.74, 6) is 0. The Morgan fingerprint density at radius 1 is 0.375 bits per heavy atom. The van der Waals surface area contributed by atoms with E-state index in [-0.39, 0.29) is 0 Å². The van der Waals surface area contributed by atoms with Crippen LogP contribution < -0.4 is 11.5 Å². The maximum absolute atomic E-state index is 6.05. The molecule has 0 atom stereocenters. The van der Waals surface area contributed by atoms with Crippen molar-refractivity contribution in [3.63, 3.8) is 0 Å². The molecular weight excluding hydrogens is 390 g/mol. The first-order valence-electron chi connectivity index (χ1n) is 10.6. The van der Waals surface area contributed by atoms with Crippen LogP contribution in [0.5, 0.6) is 0 Å². The second-order valence-corrected chi connectivity index (χ2v) is 7.82. The highest BCUT2D eigenvalue weighted by Gasteiger charge is 2.10. The SMILES string of the molecule is Nc1cccc(-c2cc(-c3cccc(-c4ccccc4)c3)cc(-c3cccc(N)c3)n2)c1. The summed E-state index contributed by atoms with van der Waals surface area (Å²) in [7, 11) is 0. The van der Waals surface area contributed by atoms with Crippen molar-refractivity contribution in [1.29, 1.82) is 0 Å². The first-order valence-corrected chi connectivity index (χ1v) is 10.6. The van der Waals surface area contributed by atoms with Crippen LogP contribution >= 0.6 is 0 Å². The number of hydrogen-bond donors (Lipinski definition) is 2. The Bertz CT molecular complexity index is 1330. The molecule has 0 aliphatic rings. The van der Waals surface area contributed by atoms with Crippen LogP contribution in [0.3, 0.4) is 0 Å². The van der Waals surface area contributed by atoms with Gasteiger partial charge in [0.15, 0.2) is 0 Å². The van der Waals surface area contributed by atoms with E-state index in [1.165, 1.54) is 11.1 Å². The molecule has 0 bridgehead atoms. The number of hydrogen-bond acceptors (Lipinski definition) is 3. The Balaban J connectivity index is 1.68. The molecule has 0 amide bonds. The highest BCUT2D eigenvalue weighted by molar-refractivity contribution is 5.80. The van der Waals surface area contributed by atoms with Crippen LogP contribution in [0.2, 0.25) is 0 Å². The molecule has 0 saturated carbocycles. The predicted octanol–water partition coefficient (Wildman–Crippen LogP) is 6.91. The summed E-state index contributed by atoms with van der Waals surface area (Å²) in [6.45, 7) is 0. The second kappa shape index (κ2) is 8.40. The molecule has 4 aromatic carbocycles. The minimum Gasteiger partial charge on any atom is -0.399 e. The normalized spacial score (nSPS) is 10.8. The van der Waals surface area contributed by atoms with Crippen molar-refractivity contribution >= 4 is 11.4 Å². The van der Waals surface area contributed by atoms with Gasteiger partial charge in [0.1, 0.15) is 0 Å². The minimum atomic E-state index is 0.714. The highest BCUT2D eigenvalue weighted by Crippen LogP contribution is 2.33. The lowest BCUT2D eigenvalue weighted by Gasteiger charge is -2.12. The molecule has 0 radical (unpaired) electrons. The van der Waals surface area contributed by atoms with Crippen molar-refractivity contribution in [2.45, 2.75) is 0 Å². The third-order valence-corrected chi connectivity index (χ3v) is 5.49. The Morgan fingerprint density at radius 3 is 1.41 bits per heavy atom. The van der Waals surface area contributed by atoms with Crippen LogP contribution in [0.4, 0.5) is 11.4 Å². The van der Waals surface area contributed by atoms with Crippen molar-refractivity contribution in [1.82, 2.24) is 4.98 Å². The molecule has 0 unspecified atom stereocenters. The Hall–Kier alpha value is -4.37. The first-order chi connectivity index (χ1) is 15.7. The summed E-state index contributed by atoms with van der Waals surface area (Å²) in [4.78, 5) is 4.95. The number of benzene rings is 4. The zero-order valence-electron chi connectivity index (χ0n) is 17.6. The molecule has 0 aliphatic heterocycles. The van der Waals surface area contributed by atoms with Crippen LogP contribution in [0, 0.1) is 0 Å². The van der Waals surface area contributed by atoms with Gasteiger partial charge in [-0.3, -0.25) is 0 Å². The van der Waals surface area contributed by atoms with Gasteiger partial charge in [-0.1, -0.05) is 72.8 Å². The fourth-order valence-corrected chi connectivity index (χ4v) is 3.90. The van der Waals surface area contributed by atoms with Crippen LogP contribution in [-0.2, 0) is 0 Å². The lowest BCUT2D eigenvalue weighted by Crippen LogP contribution is -1.93. The summed E-state index contributed by atoms with van der Waals surface area (Å²) in [5, 5.41) is 0. The maximum atomic E-state index is 6.05. The lowest BCUT2D eigenvalue weighted by atomic mass is 9.96. The first kappa shape index (κ1) is 19.6. The number of nitrogens with zero attached hydrogens (tertiary/aromatic N) is 1. The zero-order valence-corrected chi connectivity index (χ0v) is 17.6. The molecule has 3 heteroatoms. The van der Waals surface area contributed by atoms with Gasteiger partial charge in [0.25, 0.3) is 0 Å². The number of anilines is 2. The van der Waals surface area contributed by atoms with Gasteiger partial charge in [-0.2, -0.15) is 0 Å².